The van der Waals surface area contributed by atoms with E-state index in [4.69, 9.17) is 11.5 Å². The highest BCUT2D eigenvalue weighted by Gasteiger charge is 2.05. The van der Waals surface area contributed by atoms with Crippen molar-refractivity contribution in [3.05, 3.63) is 48.5 Å². The van der Waals surface area contributed by atoms with Crippen LogP contribution in [0, 0.1) is 0 Å². The Morgan fingerprint density at radius 3 is 2.12 bits per heavy atom. The van der Waals surface area contributed by atoms with Crippen LogP contribution in [0.4, 0.5) is 22.7 Å². The standard InChI is InChI=1S/C13H15N3/c1-16(11-8-6-10(14)7-9-11)13-5-3-2-4-12(13)15/h2-9H,14-15H2,1H3. The first kappa shape index (κ1) is 10.4. The highest BCUT2D eigenvalue weighted by Crippen LogP contribution is 2.28. The van der Waals surface area contributed by atoms with Crippen LogP contribution in [0.2, 0.25) is 0 Å². The van der Waals surface area contributed by atoms with Crippen LogP contribution in [0.1, 0.15) is 0 Å². The van der Waals surface area contributed by atoms with Gasteiger partial charge in [-0.25, -0.2) is 0 Å². The third-order valence-corrected chi connectivity index (χ3v) is 2.58. The van der Waals surface area contributed by atoms with Crippen molar-refractivity contribution in [1.29, 1.82) is 0 Å². The quantitative estimate of drug-likeness (QED) is 0.754. The molecule has 2 aromatic carbocycles. The third-order valence-electron chi connectivity index (χ3n) is 2.58. The van der Waals surface area contributed by atoms with E-state index in [9.17, 15) is 0 Å². The molecule has 2 rings (SSSR count). The van der Waals surface area contributed by atoms with Gasteiger partial charge in [0.25, 0.3) is 0 Å². The fourth-order valence-corrected chi connectivity index (χ4v) is 1.63. The van der Waals surface area contributed by atoms with Crippen molar-refractivity contribution in [2.45, 2.75) is 0 Å². The fourth-order valence-electron chi connectivity index (χ4n) is 1.63. The van der Waals surface area contributed by atoms with Gasteiger partial charge >= 0.3 is 0 Å². The first-order chi connectivity index (χ1) is 7.68. The van der Waals surface area contributed by atoms with Gasteiger partial charge in [0.2, 0.25) is 0 Å². The Bertz CT molecular complexity index is 477. The van der Waals surface area contributed by atoms with Crippen LogP contribution in [0.5, 0.6) is 0 Å². The predicted octanol–water partition coefficient (Wildman–Crippen LogP) is 2.62. The van der Waals surface area contributed by atoms with E-state index in [2.05, 4.69) is 0 Å². The molecule has 0 aliphatic rings. The summed E-state index contributed by atoms with van der Waals surface area (Å²) in [6.45, 7) is 0. The molecule has 3 nitrogen and oxygen atoms in total. The molecule has 0 atom stereocenters. The molecule has 0 unspecified atom stereocenters. The van der Waals surface area contributed by atoms with Gasteiger partial charge in [-0.1, -0.05) is 12.1 Å². The van der Waals surface area contributed by atoms with E-state index in [0.717, 1.165) is 22.7 Å². The van der Waals surface area contributed by atoms with Crippen molar-refractivity contribution in [2.75, 3.05) is 23.4 Å². The lowest BCUT2D eigenvalue weighted by molar-refractivity contribution is 1.21. The number of hydrogen-bond acceptors (Lipinski definition) is 3. The molecule has 0 radical (unpaired) electrons. The zero-order chi connectivity index (χ0) is 11.5. The Morgan fingerprint density at radius 2 is 1.50 bits per heavy atom. The zero-order valence-corrected chi connectivity index (χ0v) is 9.22. The fraction of sp³-hybridized carbons (Fsp3) is 0.0769. The largest absolute Gasteiger partial charge is 0.399 e. The van der Waals surface area contributed by atoms with Crippen LogP contribution in [0.15, 0.2) is 48.5 Å². The molecule has 0 aliphatic heterocycles. The lowest BCUT2D eigenvalue weighted by Crippen LogP contribution is -2.11. The van der Waals surface area contributed by atoms with Crippen LogP contribution < -0.4 is 16.4 Å². The van der Waals surface area contributed by atoms with E-state index in [0.29, 0.717) is 0 Å². The second kappa shape index (κ2) is 4.14. The maximum atomic E-state index is 5.92. The number of nitrogens with two attached hydrogens (primary N) is 2. The van der Waals surface area contributed by atoms with Gasteiger partial charge in [-0.15, -0.1) is 0 Å². The highest BCUT2D eigenvalue weighted by molar-refractivity contribution is 5.74. The van der Waals surface area contributed by atoms with Crippen molar-refractivity contribution in [2.24, 2.45) is 0 Å². The van der Waals surface area contributed by atoms with E-state index < -0.39 is 0 Å². The van der Waals surface area contributed by atoms with Gasteiger partial charge in [0.15, 0.2) is 0 Å². The molecule has 0 aromatic heterocycles. The highest BCUT2D eigenvalue weighted by atomic mass is 15.1. The van der Waals surface area contributed by atoms with E-state index in [-0.39, 0.29) is 0 Å². The molecule has 16 heavy (non-hydrogen) atoms. The predicted molar refractivity (Wildman–Crippen MR) is 69.8 cm³/mol. The van der Waals surface area contributed by atoms with Crippen LogP contribution in [0.3, 0.4) is 0 Å². The van der Waals surface area contributed by atoms with Crippen molar-refractivity contribution in [1.82, 2.24) is 0 Å². The molecular weight excluding hydrogens is 198 g/mol. The van der Waals surface area contributed by atoms with Gasteiger partial charge in [0.1, 0.15) is 0 Å². The second-order valence-corrected chi connectivity index (χ2v) is 3.71. The van der Waals surface area contributed by atoms with E-state index >= 15 is 0 Å². The lowest BCUT2D eigenvalue weighted by atomic mass is 10.2. The van der Waals surface area contributed by atoms with E-state index in [1.807, 2.05) is 60.5 Å². The number of benzene rings is 2. The first-order valence-corrected chi connectivity index (χ1v) is 5.12. The minimum atomic E-state index is 0.762. The van der Waals surface area contributed by atoms with Crippen molar-refractivity contribution >= 4 is 22.7 Å². The molecule has 0 bridgehead atoms. The summed E-state index contributed by atoms with van der Waals surface area (Å²) in [7, 11) is 1.98. The average molecular weight is 213 g/mol. The van der Waals surface area contributed by atoms with Gasteiger partial charge in [-0.05, 0) is 36.4 Å². The average Bonchev–Trinajstić information content (AvgIpc) is 2.30. The van der Waals surface area contributed by atoms with Gasteiger partial charge in [0.05, 0.1) is 11.4 Å². The number of rotatable bonds is 2. The Labute approximate surface area is 95.3 Å². The molecule has 0 fully saturated rings. The normalized spacial score (nSPS) is 10.1. The molecule has 4 N–H and O–H groups in total. The van der Waals surface area contributed by atoms with E-state index in [1.54, 1.807) is 0 Å². The van der Waals surface area contributed by atoms with Gasteiger partial charge in [0, 0.05) is 18.4 Å². The smallest absolute Gasteiger partial charge is 0.0641 e. The topological polar surface area (TPSA) is 55.3 Å². The van der Waals surface area contributed by atoms with Gasteiger partial charge < -0.3 is 16.4 Å². The third kappa shape index (κ3) is 1.93. The molecule has 0 heterocycles. The number of nitrogen functional groups attached to an aromatic ring is 2. The summed E-state index contributed by atoms with van der Waals surface area (Å²) in [4.78, 5) is 2.04. The molecule has 0 spiro atoms. The maximum Gasteiger partial charge on any atom is 0.0641 e. The van der Waals surface area contributed by atoms with Gasteiger partial charge in [-0.3, -0.25) is 0 Å². The Kier molecular flexibility index (Phi) is 2.68. The summed E-state index contributed by atoms with van der Waals surface area (Å²) in [5.74, 6) is 0. The van der Waals surface area contributed by atoms with Crippen LogP contribution in [-0.2, 0) is 0 Å². The molecule has 82 valence electrons. The summed E-state index contributed by atoms with van der Waals surface area (Å²) in [6, 6.07) is 15.5. The molecule has 3 heteroatoms. The summed E-state index contributed by atoms with van der Waals surface area (Å²) in [5, 5.41) is 0. The summed E-state index contributed by atoms with van der Waals surface area (Å²) in [5.41, 5.74) is 15.2. The molecule has 0 aliphatic carbocycles. The monoisotopic (exact) mass is 213 g/mol. The number of para-hydroxylation sites is 2. The summed E-state index contributed by atoms with van der Waals surface area (Å²) < 4.78 is 0. The number of nitrogens with zero attached hydrogens (tertiary/aromatic N) is 1. The van der Waals surface area contributed by atoms with Crippen molar-refractivity contribution in [3.63, 3.8) is 0 Å². The minimum Gasteiger partial charge on any atom is -0.399 e. The summed E-state index contributed by atoms with van der Waals surface area (Å²) in [6.07, 6.45) is 0. The zero-order valence-electron chi connectivity index (χ0n) is 9.22. The Hall–Kier alpha value is -2.16. The SMILES string of the molecule is CN(c1ccc(N)cc1)c1ccccc1N. The molecule has 0 saturated heterocycles. The summed E-state index contributed by atoms with van der Waals surface area (Å²) >= 11 is 0. The first-order valence-electron chi connectivity index (χ1n) is 5.12. The molecular formula is C13H15N3. The molecule has 0 amide bonds. The maximum absolute atomic E-state index is 5.92. The van der Waals surface area contributed by atoms with Crippen LogP contribution in [-0.4, -0.2) is 7.05 Å². The molecule has 0 saturated carbocycles. The Morgan fingerprint density at radius 1 is 0.875 bits per heavy atom. The second-order valence-electron chi connectivity index (χ2n) is 3.71. The van der Waals surface area contributed by atoms with Crippen LogP contribution in [0.25, 0.3) is 0 Å². The van der Waals surface area contributed by atoms with Crippen LogP contribution >= 0.6 is 0 Å². The number of hydrogen-bond donors (Lipinski definition) is 2. The van der Waals surface area contributed by atoms with Gasteiger partial charge in [-0.2, -0.15) is 0 Å². The Balaban J connectivity index is 2.35. The lowest BCUT2D eigenvalue weighted by Gasteiger charge is -2.21. The number of anilines is 4. The van der Waals surface area contributed by atoms with Crippen molar-refractivity contribution < 1.29 is 0 Å². The molecule has 2 aromatic rings. The van der Waals surface area contributed by atoms with Crippen molar-refractivity contribution in [3.8, 4) is 0 Å². The van der Waals surface area contributed by atoms with E-state index in [1.165, 1.54) is 0 Å². The minimum absolute atomic E-state index is 0.762.